The van der Waals surface area contributed by atoms with Crippen LogP contribution in [0.1, 0.15) is 31.1 Å². The first-order chi connectivity index (χ1) is 10.1. The summed E-state index contributed by atoms with van der Waals surface area (Å²) in [5, 5.41) is 4.82. The first-order valence-corrected chi connectivity index (χ1v) is 8.35. The molecule has 2 aromatic rings. The fourth-order valence-corrected chi connectivity index (χ4v) is 3.38. The van der Waals surface area contributed by atoms with Crippen molar-refractivity contribution in [2.24, 2.45) is 0 Å². The van der Waals surface area contributed by atoms with Crippen LogP contribution >= 0.6 is 34.2 Å². The van der Waals surface area contributed by atoms with E-state index in [2.05, 4.69) is 5.10 Å². The molecule has 0 N–H and O–H groups in total. The smallest absolute Gasteiger partial charge is 0.150 e. The van der Waals surface area contributed by atoms with E-state index in [9.17, 15) is 4.39 Å². The molecule has 1 saturated heterocycles. The van der Waals surface area contributed by atoms with Crippen molar-refractivity contribution in [3.63, 3.8) is 0 Å². The van der Waals surface area contributed by atoms with Gasteiger partial charge in [0, 0.05) is 18.4 Å². The molecule has 1 atom stereocenters. The molecule has 0 spiro atoms. The first-order valence-electron chi connectivity index (χ1n) is 6.89. The molecule has 0 saturated carbocycles. The summed E-state index contributed by atoms with van der Waals surface area (Å²) in [5.74, 6) is -0.307. The molecule has 1 aliphatic heterocycles. The topological polar surface area (TPSA) is 27.1 Å². The molecule has 1 unspecified atom stereocenters. The highest BCUT2D eigenvalue weighted by molar-refractivity contribution is 14.1. The lowest BCUT2D eigenvalue weighted by Gasteiger charge is -2.25. The number of halogens is 3. The minimum absolute atomic E-state index is 0.0794. The predicted molar refractivity (Wildman–Crippen MR) is 88.9 cm³/mol. The van der Waals surface area contributed by atoms with Gasteiger partial charge in [0.15, 0.2) is 6.23 Å². The number of hydrogen-bond acceptors (Lipinski definition) is 2. The minimum atomic E-state index is -0.307. The van der Waals surface area contributed by atoms with Crippen LogP contribution in [-0.2, 0) is 4.74 Å². The molecule has 0 amide bonds. The third-order valence-corrected chi connectivity index (χ3v) is 5.63. The van der Waals surface area contributed by atoms with E-state index in [1.807, 2.05) is 40.3 Å². The summed E-state index contributed by atoms with van der Waals surface area (Å²) in [7, 11) is 0. The molecule has 2 heterocycles. The number of hydrogen-bond donors (Lipinski definition) is 0. The summed E-state index contributed by atoms with van der Waals surface area (Å²) in [4.78, 5) is 0. The molecule has 0 aliphatic carbocycles. The molecule has 1 aromatic heterocycles. The van der Waals surface area contributed by atoms with E-state index in [0.29, 0.717) is 8.59 Å². The first kappa shape index (κ1) is 15.2. The number of benzene rings is 1. The van der Waals surface area contributed by atoms with Gasteiger partial charge in [-0.05, 0) is 66.5 Å². The molecular weight excluding hydrogens is 406 g/mol. The summed E-state index contributed by atoms with van der Waals surface area (Å²) in [5.41, 5.74) is 2.47. The SMILES string of the molecule is Cc1c(-c2ccnn2C2CCCCO2)cc(F)c(I)c1Cl. The van der Waals surface area contributed by atoms with Gasteiger partial charge in [-0.3, -0.25) is 0 Å². The fraction of sp³-hybridized carbons (Fsp3) is 0.400. The number of aromatic nitrogens is 2. The van der Waals surface area contributed by atoms with E-state index in [-0.39, 0.29) is 12.0 Å². The Morgan fingerprint density at radius 1 is 1.48 bits per heavy atom. The molecular formula is C15H15ClFIN2O. The van der Waals surface area contributed by atoms with Crippen LogP contribution in [0.25, 0.3) is 11.3 Å². The zero-order chi connectivity index (χ0) is 15.0. The molecule has 1 aliphatic rings. The summed E-state index contributed by atoms with van der Waals surface area (Å²) >= 11 is 8.16. The van der Waals surface area contributed by atoms with Crippen LogP contribution in [0.3, 0.4) is 0 Å². The summed E-state index contributed by atoms with van der Waals surface area (Å²) in [6, 6.07) is 3.41. The van der Waals surface area contributed by atoms with Crippen LogP contribution in [0.15, 0.2) is 18.3 Å². The summed E-state index contributed by atoms with van der Waals surface area (Å²) in [6.07, 6.45) is 4.76. The van der Waals surface area contributed by atoms with Crippen LogP contribution < -0.4 is 0 Å². The van der Waals surface area contributed by atoms with Gasteiger partial charge in [-0.15, -0.1) is 0 Å². The van der Waals surface area contributed by atoms with Crippen molar-refractivity contribution >= 4 is 34.2 Å². The van der Waals surface area contributed by atoms with E-state index in [1.54, 1.807) is 6.20 Å². The molecule has 3 nitrogen and oxygen atoms in total. The Kier molecular flexibility index (Phi) is 4.51. The second-order valence-corrected chi connectivity index (χ2v) is 6.60. The van der Waals surface area contributed by atoms with E-state index in [4.69, 9.17) is 16.3 Å². The van der Waals surface area contributed by atoms with Crippen molar-refractivity contribution in [2.75, 3.05) is 6.61 Å². The maximum atomic E-state index is 14.0. The van der Waals surface area contributed by atoms with Gasteiger partial charge >= 0.3 is 0 Å². The minimum Gasteiger partial charge on any atom is -0.356 e. The quantitative estimate of drug-likeness (QED) is 0.507. The molecule has 21 heavy (non-hydrogen) atoms. The largest absolute Gasteiger partial charge is 0.356 e. The third kappa shape index (κ3) is 2.83. The van der Waals surface area contributed by atoms with Crippen molar-refractivity contribution in [3.8, 4) is 11.3 Å². The predicted octanol–water partition coefficient (Wildman–Crippen LogP) is 4.95. The van der Waals surface area contributed by atoms with Gasteiger partial charge in [-0.25, -0.2) is 9.07 Å². The van der Waals surface area contributed by atoms with Crippen molar-refractivity contribution in [2.45, 2.75) is 32.4 Å². The van der Waals surface area contributed by atoms with E-state index in [0.717, 1.165) is 42.7 Å². The monoisotopic (exact) mass is 420 g/mol. The maximum Gasteiger partial charge on any atom is 0.150 e. The number of nitrogens with zero attached hydrogens (tertiary/aromatic N) is 2. The lowest BCUT2D eigenvalue weighted by atomic mass is 10.0. The summed E-state index contributed by atoms with van der Waals surface area (Å²) in [6.45, 7) is 2.64. The highest BCUT2D eigenvalue weighted by atomic mass is 127. The van der Waals surface area contributed by atoms with Gasteiger partial charge in [0.25, 0.3) is 0 Å². The van der Waals surface area contributed by atoms with E-state index < -0.39 is 0 Å². The van der Waals surface area contributed by atoms with Crippen LogP contribution in [0.5, 0.6) is 0 Å². The van der Waals surface area contributed by atoms with Crippen molar-refractivity contribution in [3.05, 3.63) is 38.3 Å². The molecule has 1 aromatic carbocycles. The number of rotatable bonds is 2. The van der Waals surface area contributed by atoms with Crippen molar-refractivity contribution < 1.29 is 9.13 Å². The zero-order valence-corrected chi connectivity index (χ0v) is 14.5. The Balaban J connectivity index is 2.08. The van der Waals surface area contributed by atoms with Crippen LogP contribution in [-0.4, -0.2) is 16.4 Å². The van der Waals surface area contributed by atoms with Gasteiger partial charge in [0.1, 0.15) is 5.82 Å². The van der Waals surface area contributed by atoms with Crippen molar-refractivity contribution in [1.82, 2.24) is 9.78 Å². The molecule has 112 valence electrons. The Morgan fingerprint density at radius 3 is 3.00 bits per heavy atom. The standard InChI is InChI=1S/C15H15ClFIN2O/c1-9-10(8-11(17)15(18)14(9)16)12-5-6-19-20(12)13-4-2-3-7-21-13/h5-6,8,13H,2-4,7H2,1H3. The van der Waals surface area contributed by atoms with Gasteiger partial charge in [-0.1, -0.05) is 11.6 Å². The van der Waals surface area contributed by atoms with Crippen LogP contribution in [0.4, 0.5) is 4.39 Å². The molecule has 0 bridgehead atoms. The third-order valence-electron chi connectivity index (χ3n) is 3.78. The average Bonchev–Trinajstić information content (AvgIpc) is 2.99. The lowest BCUT2D eigenvalue weighted by Crippen LogP contribution is -2.20. The van der Waals surface area contributed by atoms with Crippen molar-refractivity contribution in [1.29, 1.82) is 0 Å². The summed E-state index contributed by atoms with van der Waals surface area (Å²) < 4.78 is 22.1. The van der Waals surface area contributed by atoms with Gasteiger partial charge < -0.3 is 4.74 Å². The van der Waals surface area contributed by atoms with Gasteiger partial charge in [0.05, 0.1) is 14.3 Å². The lowest BCUT2D eigenvalue weighted by molar-refractivity contribution is -0.0383. The second kappa shape index (κ2) is 6.22. The van der Waals surface area contributed by atoms with Gasteiger partial charge in [-0.2, -0.15) is 5.10 Å². The van der Waals surface area contributed by atoms with Crippen LogP contribution in [0, 0.1) is 16.3 Å². The normalized spacial score (nSPS) is 19.0. The second-order valence-electron chi connectivity index (χ2n) is 5.14. The van der Waals surface area contributed by atoms with Gasteiger partial charge in [0.2, 0.25) is 0 Å². The fourth-order valence-electron chi connectivity index (χ4n) is 2.63. The number of ether oxygens (including phenoxy) is 1. The Morgan fingerprint density at radius 2 is 2.29 bits per heavy atom. The Labute approximate surface area is 141 Å². The Bertz CT molecular complexity index is 668. The molecule has 6 heteroatoms. The maximum absolute atomic E-state index is 14.0. The highest BCUT2D eigenvalue weighted by Gasteiger charge is 2.22. The molecule has 3 rings (SSSR count). The zero-order valence-electron chi connectivity index (χ0n) is 11.6. The molecule has 0 radical (unpaired) electrons. The van der Waals surface area contributed by atoms with E-state index in [1.165, 1.54) is 6.07 Å². The molecule has 1 fully saturated rings. The van der Waals surface area contributed by atoms with Crippen LogP contribution in [0.2, 0.25) is 5.02 Å². The highest BCUT2D eigenvalue weighted by Crippen LogP contribution is 2.35. The van der Waals surface area contributed by atoms with E-state index >= 15 is 0 Å². The average molecular weight is 421 g/mol. The Hall–Kier alpha value is -0.660.